The van der Waals surface area contributed by atoms with Crippen LogP contribution in [0.5, 0.6) is 0 Å². The molecule has 0 aliphatic carbocycles. The van der Waals surface area contributed by atoms with Gasteiger partial charge in [-0.05, 0) is 14.1 Å². The summed E-state index contributed by atoms with van der Waals surface area (Å²) in [6.07, 6.45) is 1.79. The van der Waals surface area contributed by atoms with Crippen LogP contribution in [0.15, 0.2) is 0 Å². The first-order valence-corrected chi connectivity index (χ1v) is 4.56. The van der Waals surface area contributed by atoms with Crippen molar-refractivity contribution in [3.05, 3.63) is 11.6 Å². The maximum Gasteiger partial charge on any atom is 0.151 e. The maximum absolute atomic E-state index is 4.34. The predicted octanol–water partition coefficient (Wildman–Crippen LogP) is -0.671. The second-order valence-corrected chi connectivity index (χ2v) is 2.91. The summed E-state index contributed by atoms with van der Waals surface area (Å²) in [4.78, 5) is 4.34. The Hall–Kier alpha value is -0.940. The molecule has 1 aromatic heterocycles. The minimum atomic E-state index is 0.882. The standard InChI is InChI=1S/C8H17N5/c1-9-5-3-7-11-8(13-12-7)4-6-10-2/h9-10H,3-6H2,1-2H3,(H,11,12,13). The summed E-state index contributed by atoms with van der Waals surface area (Å²) < 4.78 is 0. The second-order valence-electron chi connectivity index (χ2n) is 2.91. The van der Waals surface area contributed by atoms with Crippen LogP contribution in [0.25, 0.3) is 0 Å². The number of aromatic amines is 1. The molecule has 13 heavy (non-hydrogen) atoms. The van der Waals surface area contributed by atoms with Crippen molar-refractivity contribution >= 4 is 0 Å². The summed E-state index contributed by atoms with van der Waals surface area (Å²) in [6, 6.07) is 0. The van der Waals surface area contributed by atoms with Gasteiger partial charge in [-0.25, -0.2) is 4.98 Å². The molecule has 5 heteroatoms. The average molecular weight is 183 g/mol. The van der Waals surface area contributed by atoms with Crippen molar-refractivity contribution in [1.29, 1.82) is 0 Å². The van der Waals surface area contributed by atoms with Gasteiger partial charge in [-0.1, -0.05) is 0 Å². The van der Waals surface area contributed by atoms with Crippen molar-refractivity contribution in [3.63, 3.8) is 0 Å². The highest BCUT2D eigenvalue weighted by molar-refractivity contribution is 4.91. The van der Waals surface area contributed by atoms with Crippen molar-refractivity contribution in [2.24, 2.45) is 0 Å². The van der Waals surface area contributed by atoms with E-state index in [0.29, 0.717) is 0 Å². The van der Waals surface area contributed by atoms with Crippen LogP contribution < -0.4 is 10.6 Å². The lowest BCUT2D eigenvalue weighted by Crippen LogP contribution is -2.12. The van der Waals surface area contributed by atoms with E-state index in [1.165, 1.54) is 0 Å². The Balaban J connectivity index is 2.34. The van der Waals surface area contributed by atoms with Crippen LogP contribution in [0.2, 0.25) is 0 Å². The number of likely N-dealkylation sites (N-methyl/N-ethyl adjacent to an activating group) is 2. The fourth-order valence-electron chi connectivity index (χ4n) is 1.04. The molecule has 0 aliphatic heterocycles. The molecule has 0 unspecified atom stereocenters. The highest BCUT2D eigenvalue weighted by atomic mass is 15.2. The zero-order valence-corrected chi connectivity index (χ0v) is 8.22. The van der Waals surface area contributed by atoms with Gasteiger partial charge in [-0.15, -0.1) is 0 Å². The molecule has 0 spiro atoms. The van der Waals surface area contributed by atoms with Gasteiger partial charge in [-0.3, -0.25) is 5.10 Å². The van der Waals surface area contributed by atoms with Crippen molar-refractivity contribution in [1.82, 2.24) is 25.8 Å². The molecule has 1 aromatic rings. The number of hydrogen-bond acceptors (Lipinski definition) is 4. The quantitative estimate of drug-likeness (QED) is 0.547. The molecule has 0 saturated carbocycles. The molecule has 0 aromatic carbocycles. The number of nitrogens with one attached hydrogen (secondary N) is 3. The highest BCUT2D eigenvalue weighted by Crippen LogP contribution is 1.93. The summed E-state index contributed by atoms with van der Waals surface area (Å²) in [5, 5.41) is 13.2. The number of aromatic nitrogens is 3. The Morgan fingerprint density at radius 2 is 1.85 bits per heavy atom. The molecular formula is C8H17N5. The number of H-pyrrole nitrogens is 1. The zero-order valence-electron chi connectivity index (χ0n) is 8.22. The van der Waals surface area contributed by atoms with E-state index < -0.39 is 0 Å². The molecule has 0 atom stereocenters. The lowest BCUT2D eigenvalue weighted by atomic mass is 10.4. The first kappa shape index (κ1) is 10.1. The molecule has 1 heterocycles. The normalized spacial score (nSPS) is 10.6. The number of nitrogens with zero attached hydrogens (tertiary/aromatic N) is 2. The lowest BCUT2D eigenvalue weighted by Gasteiger charge is -1.93. The topological polar surface area (TPSA) is 65.6 Å². The molecule has 0 bridgehead atoms. The monoisotopic (exact) mass is 183 g/mol. The van der Waals surface area contributed by atoms with E-state index in [1.807, 2.05) is 14.1 Å². The zero-order chi connectivity index (χ0) is 9.52. The minimum absolute atomic E-state index is 0.882. The molecular weight excluding hydrogens is 166 g/mol. The van der Waals surface area contributed by atoms with Crippen molar-refractivity contribution < 1.29 is 0 Å². The Labute approximate surface area is 78.3 Å². The van der Waals surface area contributed by atoms with Crippen LogP contribution in [-0.4, -0.2) is 42.4 Å². The summed E-state index contributed by atoms with van der Waals surface area (Å²) >= 11 is 0. The van der Waals surface area contributed by atoms with Crippen molar-refractivity contribution in [3.8, 4) is 0 Å². The second kappa shape index (κ2) is 5.66. The van der Waals surface area contributed by atoms with Gasteiger partial charge in [0.15, 0.2) is 5.82 Å². The third kappa shape index (κ3) is 3.52. The van der Waals surface area contributed by atoms with Gasteiger partial charge < -0.3 is 10.6 Å². The van der Waals surface area contributed by atoms with E-state index in [2.05, 4.69) is 25.8 Å². The van der Waals surface area contributed by atoms with Crippen molar-refractivity contribution in [2.45, 2.75) is 12.8 Å². The first-order chi connectivity index (χ1) is 6.36. The van der Waals surface area contributed by atoms with Gasteiger partial charge in [-0.2, -0.15) is 5.10 Å². The minimum Gasteiger partial charge on any atom is -0.319 e. The Morgan fingerprint density at radius 3 is 2.54 bits per heavy atom. The number of hydrogen-bond donors (Lipinski definition) is 3. The van der Waals surface area contributed by atoms with Gasteiger partial charge in [0.2, 0.25) is 0 Å². The largest absolute Gasteiger partial charge is 0.319 e. The van der Waals surface area contributed by atoms with E-state index in [-0.39, 0.29) is 0 Å². The number of rotatable bonds is 6. The summed E-state index contributed by atoms with van der Waals surface area (Å²) in [7, 11) is 3.85. The van der Waals surface area contributed by atoms with E-state index in [1.54, 1.807) is 0 Å². The van der Waals surface area contributed by atoms with Gasteiger partial charge in [0.25, 0.3) is 0 Å². The Kier molecular flexibility index (Phi) is 4.42. The fraction of sp³-hybridized carbons (Fsp3) is 0.750. The Morgan fingerprint density at radius 1 is 1.15 bits per heavy atom. The Bertz CT molecular complexity index is 210. The van der Waals surface area contributed by atoms with Crippen LogP contribution in [0.1, 0.15) is 11.6 Å². The first-order valence-electron chi connectivity index (χ1n) is 4.56. The third-order valence-corrected chi connectivity index (χ3v) is 1.79. The van der Waals surface area contributed by atoms with Crippen LogP contribution in [0.3, 0.4) is 0 Å². The van der Waals surface area contributed by atoms with Crippen LogP contribution in [0.4, 0.5) is 0 Å². The molecule has 0 amide bonds. The SMILES string of the molecule is CNCCc1n[nH]c(CCNC)n1. The maximum atomic E-state index is 4.34. The summed E-state index contributed by atoms with van der Waals surface area (Å²) in [5.74, 6) is 1.85. The van der Waals surface area contributed by atoms with Gasteiger partial charge in [0, 0.05) is 25.9 Å². The van der Waals surface area contributed by atoms with Crippen LogP contribution in [-0.2, 0) is 12.8 Å². The molecule has 1 rings (SSSR count). The molecule has 3 N–H and O–H groups in total. The van der Waals surface area contributed by atoms with E-state index >= 15 is 0 Å². The van der Waals surface area contributed by atoms with E-state index in [4.69, 9.17) is 0 Å². The highest BCUT2D eigenvalue weighted by Gasteiger charge is 2.01. The lowest BCUT2D eigenvalue weighted by molar-refractivity contribution is 0.752. The molecule has 74 valence electrons. The predicted molar refractivity (Wildman–Crippen MR) is 51.6 cm³/mol. The van der Waals surface area contributed by atoms with Gasteiger partial charge in [0.1, 0.15) is 5.82 Å². The van der Waals surface area contributed by atoms with Crippen LogP contribution >= 0.6 is 0 Å². The summed E-state index contributed by atoms with van der Waals surface area (Å²) in [5.41, 5.74) is 0. The molecule has 0 saturated heterocycles. The smallest absolute Gasteiger partial charge is 0.151 e. The molecule has 0 radical (unpaired) electrons. The fourth-order valence-corrected chi connectivity index (χ4v) is 1.04. The van der Waals surface area contributed by atoms with E-state index in [9.17, 15) is 0 Å². The average Bonchev–Trinajstić information content (AvgIpc) is 2.59. The van der Waals surface area contributed by atoms with E-state index in [0.717, 1.165) is 37.6 Å². The van der Waals surface area contributed by atoms with Gasteiger partial charge >= 0.3 is 0 Å². The van der Waals surface area contributed by atoms with Crippen molar-refractivity contribution in [2.75, 3.05) is 27.2 Å². The summed E-state index contributed by atoms with van der Waals surface area (Å²) in [6.45, 7) is 1.85. The van der Waals surface area contributed by atoms with Crippen LogP contribution in [0, 0.1) is 0 Å². The third-order valence-electron chi connectivity index (χ3n) is 1.79. The van der Waals surface area contributed by atoms with Gasteiger partial charge in [0.05, 0.1) is 0 Å². The molecule has 0 aliphatic rings. The molecule has 0 fully saturated rings. The molecule has 5 nitrogen and oxygen atoms in total.